The van der Waals surface area contributed by atoms with Crippen LogP contribution in [0.25, 0.3) is 0 Å². The molecule has 0 nitrogen and oxygen atoms in total. The highest BCUT2D eigenvalue weighted by Crippen LogP contribution is 2.69. The maximum absolute atomic E-state index is 2.98. The van der Waals surface area contributed by atoms with Gasteiger partial charge in [-0.15, -0.1) is 0 Å². The molecule has 0 radical (unpaired) electrons. The summed E-state index contributed by atoms with van der Waals surface area (Å²) in [6.45, 7) is 24.2. The lowest BCUT2D eigenvalue weighted by Gasteiger charge is -2.47. The van der Waals surface area contributed by atoms with E-state index < -0.39 is 8.07 Å². The van der Waals surface area contributed by atoms with E-state index in [0.717, 1.165) is 86.7 Å². The molecule has 0 aromatic heterocycles. The van der Waals surface area contributed by atoms with Crippen LogP contribution in [-0.4, -0.2) is 18.6 Å². The first-order valence-corrected chi connectivity index (χ1v) is 23.6. The molecule has 1 aliphatic heterocycles. The topological polar surface area (TPSA) is 0 Å². The Morgan fingerprint density at radius 1 is 0.643 bits per heavy atom. The molecule has 242 valence electrons. The molecule has 6 fully saturated rings. The highest BCUT2D eigenvalue weighted by Gasteiger charge is 2.63. The van der Waals surface area contributed by atoms with Crippen molar-refractivity contribution in [2.75, 3.05) is 0 Å². The molecule has 0 bridgehead atoms. The zero-order chi connectivity index (χ0) is 30.0. The van der Waals surface area contributed by atoms with Gasteiger partial charge in [0.05, 0.1) is 8.07 Å². The van der Waals surface area contributed by atoms with Crippen molar-refractivity contribution in [2.45, 2.75) is 179 Å². The van der Waals surface area contributed by atoms with E-state index in [1.54, 1.807) is 51.4 Å². The predicted molar refractivity (Wildman–Crippen MR) is 190 cm³/mol. The van der Waals surface area contributed by atoms with Gasteiger partial charge in [0.1, 0.15) is 0 Å². The van der Waals surface area contributed by atoms with E-state index in [2.05, 4.69) is 73.3 Å². The monoisotopic (exact) mass is 613 g/mol. The smallest absolute Gasteiger partial charge is 0.0555 e. The Labute approximate surface area is 268 Å². The van der Waals surface area contributed by atoms with Gasteiger partial charge in [-0.2, -0.15) is 11.8 Å². The standard InChI is InChI=1S/C40H72SSi/c1-25(2)33-24-35-36(29-19-21-30(22-20-29)40(5,6)7)27(4)41-37(35)39(33)42(8,9)38-26(3)23-34-31(17-13-14-18-32(34)38)28-15-11-10-12-16-28/h25-39H,10-24H2,1-9H3. The summed E-state index contributed by atoms with van der Waals surface area (Å²) in [5, 5.41) is 1.89. The van der Waals surface area contributed by atoms with Crippen molar-refractivity contribution in [3.8, 4) is 0 Å². The van der Waals surface area contributed by atoms with Crippen LogP contribution in [0.3, 0.4) is 0 Å². The van der Waals surface area contributed by atoms with Crippen LogP contribution in [0, 0.1) is 70.5 Å². The fourth-order valence-electron chi connectivity index (χ4n) is 14.1. The lowest BCUT2D eigenvalue weighted by molar-refractivity contribution is 0.106. The van der Waals surface area contributed by atoms with Crippen molar-refractivity contribution in [1.29, 1.82) is 0 Å². The first-order valence-electron chi connectivity index (χ1n) is 19.5. The molecule has 5 saturated carbocycles. The molecule has 0 aromatic carbocycles. The third kappa shape index (κ3) is 5.92. The van der Waals surface area contributed by atoms with Gasteiger partial charge in [-0.25, -0.2) is 0 Å². The quantitative estimate of drug-likeness (QED) is 0.278. The van der Waals surface area contributed by atoms with E-state index in [4.69, 9.17) is 0 Å². The summed E-state index contributed by atoms with van der Waals surface area (Å²) in [4.78, 5) is 0. The summed E-state index contributed by atoms with van der Waals surface area (Å²) in [7, 11) is -1.49. The van der Waals surface area contributed by atoms with Crippen molar-refractivity contribution in [1.82, 2.24) is 0 Å². The molecule has 1 saturated heterocycles. The van der Waals surface area contributed by atoms with Crippen LogP contribution in [0.1, 0.15) is 145 Å². The molecule has 6 rings (SSSR count). The maximum atomic E-state index is 2.98. The molecular weight excluding hydrogens is 541 g/mol. The Hall–Kier alpha value is 0.567. The lowest BCUT2D eigenvalue weighted by atomic mass is 9.65. The van der Waals surface area contributed by atoms with Crippen molar-refractivity contribution in [3.05, 3.63) is 0 Å². The number of fused-ring (bicyclic) bond motifs is 2. The predicted octanol–water partition coefficient (Wildman–Crippen LogP) is 12.7. The van der Waals surface area contributed by atoms with Crippen molar-refractivity contribution in [3.63, 3.8) is 0 Å². The molecule has 5 aliphatic carbocycles. The lowest BCUT2D eigenvalue weighted by Crippen LogP contribution is -2.47. The molecule has 0 aromatic rings. The second-order valence-corrected chi connectivity index (χ2v) is 26.0. The average molecular weight is 613 g/mol. The summed E-state index contributed by atoms with van der Waals surface area (Å²) in [5.74, 6) is 11.2. The molecule has 1 heterocycles. The molecule has 6 aliphatic rings. The number of hydrogen-bond donors (Lipinski definition) is 0. The van der Waals surface area contributed by atoms with Crippen LogP contribution in [0.4, 0.5) is 0 Å². The first kappa shape index (κ1) is 32.5. The molecule has 42 heavy (non-hydrogen) atoms. The van der Waals surface area contributed by atoms with Crippen molar-refractivity contribution in [2.24, 2.45) is 70.5 Å². The van der Waals surface area contributed by atoms with Gasteiger partial charge in [-0.05, 0) is 127 Å². The van der Waals surface area contributed by atoms with E-state index in [-0.39, 0.29) is 0 Å². The number of rotatable bonds is 5. The van der Waals surface area contributed by atoms with Crippen molar-refractivity contribution >= 4 is 19.8 Å². The zero-order valence-electron chi connectivity index (χ0n) is 29.7. The molecule has 11 atom stereocenters. The molecular formula is C40H72SSi. The maximum Gasteiger partial charge on any atom is 0.0555 e. The minimum absolute atomic E-state index is 0.504. The number of hydrogen-bond acceptors (Lipinski definition) is 1. The van der Waals surface area contributed by atoms with E-state index in [0.29, 0.717) is 5.41 Å². The van der Waals surface area contributed by atoms with Crippen LogP contribution in [0.2, 0.25) is 24.2 Å². The van der Waals surface area contributed by atoms with Crippen LogP contribution < -0.4 is 0 Å². The Morgan fingerprint density at radius 2 is 1.26 bits per heavy atom. The average Bonchev–Trinajstić information content (AvgIpc) is 3.52. The van der Waals surface area contributed by atoms with Gasteiger partial charge < -0.3 is 0 Å². The summed E-state index contributed by atoms with van der Waals surface area (Å²) in [5.41, 5.74) is 2.66. The first-order chi connectivity index (χ1) is 19.9. The fraction of sp³-hybridized carbons (Fsp3) is 1.00. The van der Waals surface area contributed by atoms with E-state index in [1.807, 2.05) is 0 Å². The summed E-state index contributed by atoms with van der Waals surface area (Å²) in [6, 6.07) is 0. The minimum Gasteiger partial charge on any atom is -0.155 e. The van der Waals surface area contributed by atoms with Gasteiger partial charge in [0.15, 0.2) is 0 Å². The molecule has 11 unspecified atom stereocenters. The Bertz CT molecular complexity index is 888. The van der Waals surface area contributed by atoms with E-state index in [9.17, 15) is 0 Å². The molecule has 2 heteroatoms. The highest BCUT2D eigenvalue weighted by atomic mass is 32.2. The van der Waals surface area contributed by atoms with Gasteiger partial charge in [0, 0.05) is 10.5 Å². The third-order valence-corrected chi connectivity index (χ3v) is 22.9. The second-order valence-electron chi connectivity index (χ2n) is 19.4. The molecule has 0 N–H and O–H groups in total. The van der Waals surface area contributed by atoms with E-state index >= 15 is 0 Å². The largest absolute Gasteiger partial charge is 0.155 e. The summed E-state index contributed by atoms with van der Waals surface area (Å²) < 4.78 is 0. The summed E-state index contributed by atoms with van der Waals surface area (Å²) >= 11 is 2.55. The normalized spacial score (nSPS) is 47.4. The zero-order valence-corrected chi connectivity index (χ0v) is 31.5. The van der Waals surface area contributed by atoms with Gasteiger partial charge in [0.25, 0.3) is 0 Å². The molecule has 0 amide bonds. The Kier molecular flexibility index (Phi) is 9.78. The van der Waals surface area contributed by atoms with Crippen molar-refractivity contribution < 1.29 is 0 Å². The third-order valence-electron chi connectivity index (χ3n) is 15.7. The highest BCUT2D eigenvalue weighted by molar-refractivity contribution is 8.00. The fourth-order valence-corrected chi connectivity index (χ4v) is 23.6. The Balaban J connectivity index is 1.24. The van der Waals surface area contributed by atoms with Crippen LogP contribution in [-0.2, 0) is 0 Å². The van der Waals surface area contributed by atoms with E-state index in [1.165, 1.54) is 44.9 Å². The van der Waals surface area contributed by atoms with Gasteiger partial charge in [-0.3, -0.25) is 0 Å². The van der Waals surface area contributed by atoms with Crippen LogP contribution in [0.15, 0.2) is 0 Å². The second kappa shape index (κ2) is 12.6. The molecule has 0 spiro atoms. The Morgan fingerprint density at radius 3 is 1.88 bits per heavy atom. The summed E-state index contributed by atoms with van der Waals surface area (Å²) in [6.07, 6.45) is 23.3. The van der Waals surface area contributed by atoms with Gasteiger partial charge in [0.2, 0.25) is 0 Å². The van der Waals surface area contributed by atoms with Gasteiger partial charge in [-0.1, -0.05) is 113 Å². The number of thioether (sulfide) groups is 1. The van der Waals surface area contributed by atoms with Gasteiger partial charge >= 0.3 is 0 Å². The SMILES string of the molecule is CC(C)C1CC2C(SC(C)C2C2CCC(C(C)(C)C)CC2)C1[Si](C)(C)C1C(C)CC2C(C3CCCCC3)CCCCC21. The van der Waals surface area contributed by atoms with Crippen LogP contribution >= 0.6 is 11.8 Å². The van der Waals surface area contributed by atoms with Crippen LogP contribution in [0.5, 0.6) is 0 Å². The minimum atomic E-state index is -1.49.